The zero-order valence-corrected chi connectivity index (χ0v) is 9.47. The van der Waals surface area contributed by atoms with Crippen LogP contribution >= 0.6 is 0 Å². The van der Waals surface area contributed by atoms with Gasteiger partial charge < -0.3 is 10.7 Å². The number of alkyl halides is 3. The second kappa shape index (κ2) is 5.36. The van der Waals surface area contributed by atoms with Gasteiger partial charge in [0, 0.05) is 17.6 Å². The highest BCUT2D eigenvalue weighted by atomic mass is 19.4. The second-order valence-electron chi connectivity index (χ2n) is 3.53. The van der Waals surface area contributed by atoms with Gasteiger partial charge in [0.25, 0.3) is 0 Å². The molecule has 6 heteroatoms. The number of hydrogen-bond donors (Lipinski definition) is 2. The van der Waals surface area contributed by atoms with E-state index in [2.05, 4.69) is 5.32 Å². The van der Waals surface area contributed by atoms with Crippen molar-refractivity contribution >= 4 is 11.4 Å². The molecular formula is C12H10F3N3. The highest BCUT2D eigenvalue weighted by molar-refractivity contribution is 5.90. The number of nitriles is 1. The first-order valence-corrected chi connectivity index (χ1v) is 4.94. The van der Waals surface area contributed by atoms with Crippen LogP contribution in [0.3, 0.4) is 0 Å². The van der Waals surface area contributed by atoms with E-state index in [9.17, 15) is 13.2 Å². The number of rotatable bonds is 3. The van der Waals surface area contributed by atoms with Crippen molar-refractivity contribution in [2.24, 2.45) is 0 Å². The fourth-order valence-electron chi connectivity index (χ4n) is 1.23. The molecule has 0 heterocycles. The van der Waals surface area contributed by atoms with Crippen molar-refractivity contribution in [3.63, 3.8) is 0 Å². The zero-order chi connectivity index (χ0) is 13.8. The van der Waals surface area contributed by atoms with Gasteiger partial charge >= 0.3 is 6.18 Å². The molecule has 3 nitrogen and oxygen atoms in total. The van der Waals surface area contributed by atoms with Crippen LogP contribution in [-0.4, -0.2) is 5.71 Å². The maximum atomic E-state index is 12.6. The Hall–Kier alpha value is -2.29. The second-order valence-corrected chi connectivity index (χ2v) is 3.53. The van der Waals surface area contributed by atoms with Crippen molar-refractivity contribution in [1.82, 2.24) is 0 Å². The Morgan fingerprint density at radius 1 is 1.44 bits per heavy atom. The predicted octanol–water partition coefficient (Wildman–Crippen LogP) is 3.54. The Morgan fingerprint density at radius 3 is 2.61 bits per heavy atom. The first kappa shape index (κ1) is 13.8. The monoisotopic (exact) mass is 253 g/mol. The SMILES string of the molecule is CC(=N)/C=C\Nc1ccc(C#N)c(C(F)(F)F)c1. The molecule has 1 aromatic rings. The van der Waals surface area contributed by atoms with Crippen LogP contribution in [0, 0.1) is 16.7 Å². The van der Waals surface area contributed by atoms with Crippen LogP contribution in [0.25, 0.3) is 0 Å². The lowest BCUT2D eigenvalue weighted by atomic mass is 10.1. The molecule has 18 heavy (non-hydrogen) atoms. The number of anilines is 1. The summed E-state index contributed by atoms with van der Waals surface area (Å²) in [6.07, 6.45) is -1.79. The van der Waals surface area contributed by atoms with E-state index >= 15 is 0 Å². The summed E-state index contributed by atoms with van der Waals surface area (Å²) in [5.74, 6) is 0. The van der Waals surface area contributed by atoms with Gasteiger partial charge in [-0.2, -0.15) is 18.4 Å². The molecule has 0 aliphatic heterocycles. The molecule has 2 N–H and O–H groups in total. The van der Waals surface area contributed by atoms with Crippen molar-refractivity contribution in [1.29, 1.82) is 10.7 Å². The highest BCUT2D eigenvalue weighted by Crippen LogP contribution is 2.33. The van der Waals surface area contributed by atoms with E-state index < -0.39 is 17.3 Å². The average Bonchev–Trinajstić information content (AvgIpc) is 2.27. The fourth-order valence-corrected chi connectivity index (χ4v) is 1.23. The Balaban J connectivity index is 3.05. The summed E-state index contributed by atoms with van der Waals surface area (Å²) in [6.45, 7) is 1.54. The van der Waals surface area contributed by atoms with Crippen LogP contribution in [-0.2, 0) is 6.18 Å². The summed E-state index contributed by atoms with van der Waals surface area (Å²) in [6, 6.07) is 4.85. The van der Waals surface area contributed by atoms with E-state index in [1.807, 2.05) is 0 Å². The van der Waals surface area contributed by atoms with Gasteiger partial charge in [-0.25, -0.2) is 0 Å². The quantitative estimate of drug-likeness (QED) is 0.809. The largest absolute Gasteiger partial charge is 0.417 e. The number of hydrogen-bond acceptors (Lipinski definition) is 3. The molecule has 0 aromatic heterocycles. The maximum Gasteiger partial charge on any atom is 0.417 e. The van der Waals surface area contributed by atoms with Crippen molar-refractivity contribution < 1.29 is 13.2 Å². The summed E-state index contributed by atoms with van der Waals surface area (Å²) >= 11 is 0. The molecule has 0 saturated carbocycles. The van der Waals surface area contributed by atoms with Gasteiger partial charge in [0.15, 0.2) is 0 Å². The van der Waals surface area contributed by atoms with E-state index in [1.165, 1.54) is 31.3 Å². The Bertz CT molecular complexity index is 524. The summed E-state index contributed by atoms with van der Waals surface area (Å²) < 4.78 is 37.9. The lowest BCUT2D eigenvalue weighted by Gasteiger charge is -2.10. The van der Waals surface area contributed by atoms with E-state index in [1.54, 1.807) is 0 Å². The highest BCUT2D eigenvalue weighted by Gasteiger charge is 2.33. The molecule has 0 radical (unpaired) electrons. The third kappa shape index (κ3) is 3.63. The lowest BCUT2D eigenvalue weighted by Crippen LogP contribution is -2.08. The van der Waals surface area contributed by atoms with Crippen LogP contribution in [0.2, 0.25) is 0 Å². The van der Waals surface area contributed by atoms with E-state index in [4.69, 9.17) is 10.7 Å². The molecule has 0 amide bonds. The smallest absolute Gasteiger partial charge is 0.362 e. The number of nitrogens with zero attached hydrogens (tertiary/aromatic N) is 1. The van der Waals surface area contributed by atoms with Crippen LogP contribution in [0.15, 0.2) is 30.5 Å². The van der Waals surface area contributed by atoms with E-state index in [0.29, 0.717) is 0 Å². The molecule has 0 fully saturated rings. The average molecular weight is 253 g/mol. The molecule has 1 rings (SSSR count). The van der Waals surface area contributed by atoms with Gasteiger partial charge in [-0.05, 0) is 31.2 Å². The van der Waals surface area contributed by atoms with Crippen molar-refractivity contribution in [3.8, 4) is 6.07 Å². The standard InChI is InChI=1S/C12H10F3N3/c1-8(17)4-5-18-10-3-2-9(7-16)11(6-10)12(13,14)15/h2-6,17-18H,1H3/b5-4-,17-8?. The van der Waals surface area contributed by atoms with Crippen LogP contribution < -0.4 is 5.32 Å². The predicted molar refractivity (Wildman–Crippen MR) is 62.3 cm³/mol. The van der Waals surface area contributed by atoms with Gasteiger partial charge in [0.1, 0.15) is 0 Å². The van der Waals surface area contributed by atoms with Gasteiger partial charge in [0.2, 0.25) is 0 Å². The summed E-state index contributed by atoms with van der Waals surface area (Å²) in [5.41, 5.74) is -0.916. The van der Waals surface area contributed by atoms with Gasteiger partial charge in [-0.1, -0.05) is 0 Å². The number of benzene rings is 1. The van der Waals surface area contributed by atoms with Crippen LogP contribution in [0.4, 0.5) is 18.9 Å². The normalized spacial score (nSPS) is 11.3. The number of allylic oxidation sites excluding steroid dienone is 1. The van der Waals surface area contributed by atoms with Crippen molar-refractivity contribution in [2.45, 2.75) is 13.1 Å². The summed E-state index contributed by atoms with van der Waals surface area (Å²) in [7, 11) is 0. The molecule has 0 atom stereocenters. The molecule has 94 valence electrons. The first-order valence-electron chi connectivity index (χ1n) is 4.94. The van der Waals surface area contributed by atoms with Gasteiger partial charge in [-0.3, -0.25) is 0 Å². The molecule has 0 aliphatic carbocycles. The third-order valence-corrected chi connectivity index (χ3v) is 2.03. The molecule has 0 aliphatic rings. The van der Waals surface area contributed by atoms with E-state index in [-0.39, 0.29) is 11.4 Å². The number of halogens is 3. The minimum Gasteiger partial charge on any atom is -0.362 e. The molecule has 0 spiro atoms. The summed E-state index contributed by atoms with van der Waals surface area (Å²) in [4.78, 5) is 0. The third-order valence-electron chi connectivity index (χ3n) is 2.03. The van der Waals surface area contributed by atoms with Crippen molar-refractivity contribution in [3.05, 3.63) is 41.6 Å². The van der Waals surface area contributed by atoms with E-state index in [0.717, 1.165) is 12.1 Å². The summed E-state index contributed by atoms with van der Waals surface area (Å²) in [5, 5.41) is 18.3. The zero-order valence-electron chi connectivity index (χ0n) is 9.47. The lowest BCUT2D eigenvalue weighted by molar-refractivity contribution is -0.137. The minimum absolute atomic E-state index is 0.207. The van der Waals surface area contributed by atoms with Crippen LogP contribution in [0.1, 0.15) is 18.1 Å². The van der Waals surface area contributed by atoms with Gasteiger partial charge in [0.05, 0.1) is 17.2 Å². The topological polar surface area (TPSA) is 59.7 Å². The molecule has 0 unspecified atom stereocenters. The number of nitrogens with one attached hydrogen (secondary N) is 2. The molecule has 0 bridgehead atoms. The molecule has 1 aromatic carbocycles. The minimum atomic E-state index is -4.57. The maximum absolute atomic E-state index is 12.6. The fraction of sp³-hybridized carbons (Fsp3) is 0.167. The van der Waals surface area contributed by atoms with Crippen molar-refractivity contribution in [2.75, 3.05) is 5.32 Å². The van der Waals surface area contributed by atoms with Crippen LogP contribution in [0.5, 0.6) is 0 Å². The Morgan fingerprint density at radius 2 is 2.11 bits per heavy atom. The Kier molecular flexibility index (Phi) is 4.10. The van der Waals surface area contributed by atoms with Gasteiger partial charge in [-0.15, -0.1) is 0 Å². The Labute approximate surface area is 102 Å². The molecule has 0 saturated heterocycles. The molecular weight excluding hydrogens is 243 g/mol. The first-order chi connectivity index (χ1) is 8.34.